The van der Waals surface area contributed by atoms with Crippen molar-refractivity contribution in [3.63, 3.8) is 0 Å². The number of nitrogens with one attached hydrogen (secondary N) is 1. The first-order valence-electron chi connectivity index (χ1n) is 9.75. The van der Waals surface area contributed by atoms with Crippen LogP contribution in [0, 0.1) is 0 Å². The van der Waals surface area contributed by atoms with Crippen molar-refractivity contribution in [2.75, 3.05) is 6.61 Å². The first-order chi connectivity index (χ1) is 14.9. The van der Waals surface area contributed by atoms with Crippen LogP contribution in [0.3, 0.4) is 0 Å². The summed E-state index contributed by atoms with van der Waals surface area (Å²) in [6.07, 6.45) is -0.807. The minimum atomic E-state index is -1.20. The van der Waals surface area contributed by atoms with Crippen LogP contribution in [-0.4, -0.2) is 34.9 Å². The summed E-state index contributed by atoms with van der Waals surface area (Å²) >= 11 is 5.88. The molecule has 3 N–H and O–H groups in total. The molecular formula is C24H20ClNO5. The average molecular weight is 438 g/mol. The Bertz CT molecular complexity index is 1100. The van der Waals surface area contributed by atoms with E-state index in [-0.39, 0.29) is 29.7 Å². The number of hydrogen-bond donors (Lipinski definition) is 3. The summed E-state index contributed by atoms with van der Waals surface area (Å²) in [7, 11) is 0. The van der Waals surface area contributed by atoms with Crippen LogP contribution < -0.4 is 5.32 Å². The number of halogens is 1. The maximum Gasteiger partial charge on any atom is 0.407 e. The molecule has 1 aliphatic rings. The van der Waals surface area contributed by atoms with Gasteiger partial charge in [0.05, 0.1) is 5.02 Å². The van der Waals surface area contributed by atoms with E-state index in [1.807, 2.05) is 48.5 Å². The largest absolute Gasteiger partial charge is 0.506 e. The zero-order chi connectivity index (χ0) is 22.0. The van der Waals surface area contributed by atoms with Crippen molar-refractivity contribution in [3.8, 4) is 16.9 Å². The molecule has 6 nitrogen and oxygen atoms in total. The molecule has 0 saturated carbocycles. The smallest absolute Gasteiger partial charge is 0.407 e. The number of benzene rings is 3. The van der Waals surface area contributed by atoms with Gasteiger partial charge in [-0.05, 0) is 39.9 Å². The van der Waals surface area contributed by atoms with Gasteiger partial charge in [-0.25, -0.2) is 9.59 Å². The van der Waals surface area contributed by atoms with Gasteiger partial charge in [-0.3, -0.25) is 0 Å². The number of carbonyl (C=O) groups is 2. The predicted octanol–water partition coefficient (Wildman–Crippen LogP) is 4.58. The van der Waals surface area contributed by atoms with Gasteiger partial charge in [0.25, 0.3) is 0 Å². The van der Waals surface area contributed by atoms with Gasteiger partial charge in [0.1, 0.15) is 18.4 Å². The summed E-state index contributed by atoms with van der Waals surface area (Å²) in [5, 5.41) is 21.5. The number of rotatable bonds is 6. The highest BCUT2D eigenvalue weighted by Crippen LogP contribution is 2.44. The number of alkyl carbamates (subject to hydrolysis) is 1. The van der Waals surface area contributed by atoms with Crippen LogP contribution in [0.15, 0.2) is 66.7 Å². The monoisotopic (exact) mass is 437 g/mol. The molecule has 1 amide bonds. The van der Waals surface area contributed by atoms with Crippen molar-refractivity contribution in [2.24, 2.45) is 0 Å². The molecule has 0 aliphatic heterocycles. The van der Waals surface area contributed by atoms with Crippen LogP contribution in [0.25, 0.3) is 11.1 Å². The van der Waals surface area contributed by atoms with E-state index in [4.69, 9.17) is 16.3 Å². The van der Waals surface area contributed by atoms with Crippen LogP contribution in [0.4, 0.5) is 4.79 Å². The summed E-state index contributed by atoms with van der Waals surface area (Å²) in [4.78, 5) is 24.0. The lowest BCUT2D eigenvalue weighted by molar-refractivity contribution is -0.139. The van der Waals surface area contributed by atoms with Gasteiger partial charge >= 0.3 is 12.1 Å². The summed E-state index contributed by atoms with van der Waals surface area (Å²) < 4.78 is 5.42. The first kappa shape index (κ1) is 20.8. The number of fused-ring (bicyclic) bond motifs is 3. The number of carbonyl (C=O) groups excluding carboxylic acids is 1. The van der Waals surface area contributed by atoms with E-state index in [0.717, 1.165) is 22.3 Å². The molecule has 0 spiro atoms. The number of amides is 1. The molecule has 1 unspecified atom stereocenters. The van der Waals surface area contributed by atoms with Gasteiger partial charge in [0, 0.05) is 12.3 Å². The Balaban J connectivity index is 1.43. The Hall–Kier alpha value is -3.51. The Morgan fingerprint density at radius 3 is 2.19 bits per heavy atom. The highest BCUT2D eigenvalue weighted by atomic mass is 35.5. The lowest BCUT2D eigenvalue weighted by Gasteiger charge is -2.17. The van der Waals surface area contributed by atoms with Gasteiger partial charge < -0.3 is 20.3 Å². The molecule has 3 aromatic carbocycles. The molecule has 4 rings (SSSR count). The molecule has 158 valence electrons. The Labute approximate surface area is 184 Å². The number of aliphatic carboxylic acids is 1. The first-order valence-corrected chi connectivity index (χ1v) is 10.1. The lowest BCUT2D eigenvalue weighted by atomic mass is 9.98. The minimum Gasteiger partial charge on any atom is -0.506 e. The third-order valence-corrected chi connectivity index (χ3v) is 5.69. The van der Waals surface area contributed by atoms with E-state index in [1.165, 1.54) is 12.1 Å². The fraction of sp³-hybridized carbons (Fsp3) is 0.167. The third kappa shape index (κ3) is 4.34. The second-order valence-corrected chi connectivity index (χ2v) is 7.76. The highest BCUT2D eigenvalue weighted by Gasteiger charge is 2.29. The van der Waals surface area contributed by atoms with Gasteiger partial charge in [-0.2, -0.15) is 0 Å². The van der Waals surface area contributed by atoms with E-state index < -0.39 is 18.1 Å². The Kier molecular flexibility index (Phi) is 5.82. The SMILES string of the molecule is O=C(NC(Cc1ccc(O)c(Cl)c1)C(=O)O)OCC1c2ccccc2-c2ccccc21. The third-order valence-electron chi connectivity index (χ3n) is 5.39. The second kappa shape index (κ2) is 8.70. The van der Waals surface area contributed by atoms with Crippen molar-refractivity contribution in [1.29, 1.82) is 0 Å². The van der Waals surface area contributed by atoms with Gasteiger partial charge in [0.15, 0.2) is 0 Å². The van der Waals surface area contributed by atoms with Crippen LogP contribution in [0.1, 0.15) is 22.6 Å². The van der Waals surface area contributed by atoms with E-state index >= 15 is 0 Å². The molecular weight excluding hydrogens is 418 g/mol. The fourth-order valence-corrected chi connectivity index (χ4v) is 4.10. The topological polar surface area (TPSA) is 95.9 Å². The summed E-state index contributed by atoms with van der Waals surface area (Å²) in [6, 6.07) is 19.1. The van der Waals surface area contributed by atoms with Crippen molar-refractivity contribution in [3.05, 3.63) is 88.4 Å². The van der Waals surface area contributed by atoms with E-state index in [0.29, 0.717) is 5.56 Å². The fourth-order valence-electron chi connectivity index (χ4n) is 3.90. The van der Waals surface area contributed by atoms with E-state index in [1.54, 1.807) is 6.07 Å². The molecule has 1 aliphatic carbocycles. The van der Waals surface area contributed by atoms with Crippen LogP contribution >= 0.6 is 11.6 Å². The van der Waals surface area contributed by atoms with Crippen LogP contribution in [0.5, 0.6) is 5.75 Å². The molecule has 7 heteroatoms. The molecule has 3 aromatic rings. The molecule has 0 fully saturated rings. The highest BCUT2D eigenvalue weighted by molar-refractivity contribution is 6.32. The number of carboxylic acid groups (broad SMARTS) is 1. The average Bonchev–Trinajstić information content (AvgIpc) is 3.08. The zero-order valence-electron chi connectivity index (χ0n) is 16.4. The zero-order valence-corrected chi connectivity index (χ0v) is 17.2. The Morgan fingerprint density at radius 2 is 1.61 bits per heavy atom. The molecule has 1 atom stereocenters. The number of ether oxygens (including phenoxy) is 1. The molecule has 0 radical (unpaired) electrons. The quantitative estimate of drug-likeness (QED) is 0.524. The molecule has 0 aromatic heterocycles. The van der Waals surface area contributed by atoms with Crippen molar-refractivity contribution in [1.82, 2.24) is 5.32 Å². The number of phenols is 1. The van der Waals surface area contributed by atoms with Gasteiger partial charge in [-0.15, -0.1) is 0 Å². The Morgan fingerprint density at radius 1 is 1.00 bits per heavy atom. The number of hydrogen-bond acceptors (Lipinski definition) is 4. The van der Waals surface area contributed by atoms with Crippen molar-refractivity contribution >= 4 is 23.7 Å². The van der Waals surface area contributed by atoms with Crippen molar-refractivity contribution < 1.29 is 24.5 Å². The predicted molar refractivity (Wildman–Crippen MR) is 116 cm³/mol. The van der Waals surface area contributed by atoms with Crippen LogP contribution in [0.2, 0.25) is 5.02 Å². The molecule has 0 saturated heterocycles. The summed E-state index contributed by atoms with van der Waals surface area (Å²) in [5.74, 6) is -1.41. The normalized spacial score (nSPS) is 13.2. The van der Waals surface area contributed by atoms with E-state index in [2.05, 4.69) is 5.32 Å². The van der Waals surface area contributed by atoms with Crippen molar-refractivity contribution in [2.45, 2.75) is 18.4 Å². The van der Waals surface area contributed by atoms with Crippen LogP contribution in [-0.2, 0) is 16.0 Å². The number of carboxylic acids is 1. The van der Waals surface area contributed by atoms with Gasteiger partial charge in [0.2, 0.25) is 0 Å². The van der Waals surface area contributed by atoms with E-state index in [9.17, 15) is 19.8 Å². The summed E-state index contributed by atoms with van der Waals surface area (Å²) in [6.45, 7) is 0.0945. The second-order valence-electron chi connectivity index (χ2n) is 7.35. The summed E-state index contributed by atoms with van der Waals surface area (Å²) in [5.41, 5.74) is 4.93. The number of phenolic OH excluding ortho intramolecular Hbond substituents is 1. The maximum absolute atomic E-state index is 12.4. The van der Waals surface area contributed by atoms with Gasteiger partial charge in [-0.1, -0.05) is 66.2 Å². The minimum absolute atomic E-state index is 0.000468. The standard InChI is InChI=1S/C24H20ClNO5/c25-20-11-14(9-10-22(20)27)12-21(23(28)29)26-24(30)31-13-19-17-7-3-1-5-15(17)16-6-2-4-8-18(16)19/h1-11,19,21,27H,12-13H2,(H,26,30)(H,28,29). The molecule has 31 heavy (non-hydrogen) atoms. The maximum atomic E-state index is 12.4. The molecule has 0 heterocycles. The number of aromatic hydroxyl groups is 1. The molecule has 0 bridgehead atoms. The lowest BCUT2D eigenvalue weighted by Crippen LogP contribution is -2.42.